The summed E-state index contributed by atoms with van der Waals surface area (Å²) in [6.07, 6.45) is 1.04. The van der Waals surface area contributed by atoms with Crippen LogP contribution < -0.4 is 11.1 Å². The first-order valence-electron chi connectivity index (χ1n) is 3.93. The number of halogens is 2. The predicted molar refractivity (Wildman–Crippen MR) is 39.7 cm³/mol. The Morgan fingerprint density at radius 2 is 2.25 bits per heavy atom. The minimum Gasteiger partial charge on any atom is -0.364 e. The minimum atomic E-state index is -3.35. The van der Waals surface area contributed by atoms with Crippen LogP contribution in [0.5, 0.6) is 0 Å². The van der Waals surface area contributed by atoms with E-state index in [2.05, 4.69) is 11.1 Å². The Morgan fingerprint density at radius 3 is 2.67 bits per heavy atom. The molecule has 0 bridgehead atoms. The molecular formula is C7H12F2N2O. The lowest BCUT2D eigenvalue weighted by atomic mass is 9.92. The second-order valence-corrected chi connectivity index (χ2v) is 3.03. The number of rotatable bonds is 2. The number of amides is 1. The van der Waals surface area contributed by atoms with Gasteiger partial charge in [0.1, 0.15) is 0 Å². The molecular weight excluding hydrogens is 166 g/mol. The highest BCUT2D eigenvalue weighted by molar-refractivity contribution is 5.81. The maximum atomic E-state index is 12.9. The van der Waals surface area contributed by atoms with Gasteiger partial charge >= 0.3 is 5.92 Å². The van der Waals surface area contributed by atoms with Gasteiger partial charge in [0.25, 0.3) is 5.91 Å². The first kappa shape index (κ1) is 9.38. The molecule has 0 saturated carbocycles. The Hall–Kier alpha value is -0.710. The van der Waals surface area contributed by atoms with Crippen molar-refractivity contribution in [3.8, 4) is 0 Å². The number of alkyl halides is 2. The average Bonchev–Trinajstić information content (AvgIpc) is 2.06. The Labute approximate surface area is 69.3 Å². The van der Waals surface area contributed by atoms with Gasteiger partial charge in [-0.15, -0.1) is 0 Å². The highest BCUT2D eigenvalue weighted by Crippen LogP contribution is 2.29. The first-order valence-corrected chi connectivity index (χ1v) is 3.93. The van der Waals surface area contributed by atoms with Crippen molar-refractivity contribution >= 4 is 5.91 Å². The number of nitrogens with one attached hydrogen (secondary N) is 1. The molecule has 1 aliphatic rings. The average molecular weight is 178 g/mol. The van der Waals surface area contributed by atoms with Crippen LogP contribution in [-0.2, 0) is 4.79 Å². The van der Waals surface area contributed by atoms with Crippen molar-refractivity contribution in [2.75, 3.05) is 13.1 Å². The number of carbonyl (C=O) groups excluding carboxylic acids is 1. The number of hydrogen-bond donors (Lipinski definition) is 2. The van der Waals surface area contributed by atoms with Crippen LogP contribution in [0.15, 0.2) is 0 Å². The molecule has 1 atom stereocenters. The highest BCUT2D eigenvalue weighted by atomic mass is 19.3. The summed E-state index contributed by atoms with van der Waals surface area (Å²) in [5, 5.41) is 2.81. The Bertz CT molecular complexity index is 178. The van der Waals surface area contributed by atoms with Crippen molar-refractivity contribution in [2.24, 2.45) is 11.7 Å². The summed E-state index contributed by atoms with van der Waals surface area (Å²) in [7, 11) is 0. The van der Waals surface area contributed by atoms with Gasteiger partial charge < -0.3 is 11.1 Å². The zero-order chi connectivity index (χ0) is 9.19. The van der Waals surface area contributed by atoms with Crippen molar-refractivity contribution in [2.45, 2.75) is 18.8 Å². The monoisotopic (exact) mass is 178 g/mol. The van der Waals surface area contributed by atoms with E-state index in [9.17, 15) is 13.6 Å². The minimum absolute atomic E-state index is 0.177. The Morgan fingerprint density at radius 1 is 1.58 bits per heavy atom. The van der Waals surface area contributed by atoms with E-state index in [1.54, 1.807) is 0 Å². The second-order valence-electron chi connectivity index (χ2n) is 3.03. The van der Waals surface area contributed by atoms with Crippen LogP contribution in [0.1, 0.15) is 12.8 Å². The van der Waals surface area contributed by atoms with Gasteiger partial charge in [-0.1, -0.05) is 0 Å². The van der Waals surface area contributed by atoms with Gasteiger partial charge in [0.05, 0.1) is 0 Å². The maximum Gasteiger partial charge on any atom is 0.328 e. The van der Waals surface area contributed by atoms with Gasteiger partial charge in [-0.05, 0) is 19.4 Å². The fourth-order valence-electron chi connectivity index (χ4n) is 1.36. The lowest BCUT2D eigenvalue weighted by molar-refractivity contribution is -0.151. The standard InChI is InChI=1S/C7H12F2N2O/c8-7(9,6(10)12)5-2-1-3-11-4-5/h5,11H,1-4H2,(H2,10,12). The molecule has 0 radical (unpaired) electrons. The summed E-state index contributed by atoms with van der Waals surface area (Å²) >= 11 is 0. The maximum absolute atomic E-state index is 12.9. The van der Waals surface area contributed by atoms with Crippen molar-refractivity contribution in [3.05, 3.63) is 0 Å². The third-order valence-corrected chi connectivity index (χ3v) is 2.14. The molecule has 1 fully saturated rings. The van der Waals surface area contributed by atoms with Gasteiger partial charge in [-0.25, -0.2) is 0 Å². The largest absolute Gasteiger partial charge is 0.364 e. The molecule has 0 aromatic carbocycles. The molecule has 0 aromatic rings. The van der Waals surface area contributed by atoms with Crippen LogP contribution in [0.2, 0.25) is 0 Å². The highest BCUT2D eigenvalue weighted by Gasteiger charge is 2.45. The molecule has 0 aliphatic carbocycles. The van der Waals surface area contributed by atoms with Crippen LogP contribution in [0, 0.1) is 5.92 Å². The van der Waals surface area contributed by atoms with E-state index in [0.29, 0.717) is 12.8 Å². The lowest BCUT2D eigenvalue weighted by Crippen LogP contribution is -2.48. The van der Waals surface area contributed by atoms with Crippen LogP contribution in [0.4, 0.5) is 8.78 Å². The SMILES string of the molecule is NC(=O)C(F)(F)C1CCCNC1. The van der Waals surface area contributed by atoms with Crippen LogP contribution in [-0.4, -0.2) is 24.9 Å². The number of piperidine rings is 1. The molecule has 1 unspecified atom stereocenters. The Balaban J connectivity index is 2.59. The molecule has 3 nitrogen and oxygen atoms in total. The fourth-order valence-corrected chi connectivity index (χ4v) is 1.36. The third kappa shape index (κ3) is 1.72. The van der Waals surface area contributed by atoms with Crippen molar-refractivity contribution in [3.63, 3.8) is 0 Å². The number of primary amides is 1. The smallest absolute Gasteiger partial charge is 0.328 e. The van der Waals surface area contributed by atoms with Gasteiger partial charge in [0.2, 0.25) is 0 Å². The number of nitrogens with two attached hydrogens (primary N) is 1. The van der Waals surface area contributed by atoms with Crippen molar-refractivity contribution in [1.82, 2.24) is 5.32 Å². The summed E-state index contributed by atoms with van der Waals surface area (Å²) < 4.78 is 25.8. The van der Waals surface area contributed by atoms with E-state index >= 15 is 0 Å². The Kier molecular flexibility index (Phi) is 2.62. The first-order chi connectivity index (χ1) is 5.55. The predicted octanol–water partition coefficient (Wildman–Crippen LogP) is 0.107. The van der Waals surface area contributed by atoms with Crippen LogP contribution in [0.3, 0.4) is 0 Å². The van der Waals surface area contributed by atoms with E-state index in [0.717, 1.165) is 6.54 Å². The van der Waals surface area contributed by atoms with Crippen molar-refractivity contribution < 1.29 is 13.6 Å². The molecule has 5 heteroatoms. The lowest BCUT2D eigenvalue weighted by Gasteiger charge is -2.27. The van der Waals surface area contributed by atoms with E-state index < -0.39 is 17.7 Å². The summed E-state index contributed by atoms with van der Waals surface area (Å²) in [5.74, 6) is -5.80. The van der Waals surface area contributed by atoms with Crippen LogP contribution >= 0.6 is 0 Å². The molecule has 1 rings (SSSR count). The molecule has 3 N–H and O–H groups in total. The summed E-state index contributed by atoms with van der Waals surface area (Å²) in [5.41, 5.74) is 4.58. The zero-order valence-corrected chi connectivity index (χ0v) is 6.65. The number of carbonyl (C=O) groups is 1. The third-order valence-electron chi connectivity index (χ3n) is 2.14. The molecule has 1 heterocycles. The molecule has 70 valence electrons. The van der Waals surface area contributed by atoms with Gasteiger partial charge in [-0.3, -0.25) is 4.79 Å². The summed E-state index contributed by atoms with van der Waals surface area (Å²) in [6, 6.07) is 0. The summed E-state index contributed by atoms with van der Waals surface area (Å²) in [4.78, 5) is 10.4. The van der Waals surface area contributed by atoms with E-state index in [4.69, 9.17) is 0 Å². The topological polar surface area (TPSA) is 55.1 Å². The van der Waals surface area contributed by atoms with Gasteiger partial charge in [0, 0.05) is 12.5 Å². The molecule has 1 aliphatic heterocycles. The van der Waals surface area contributed by atoms with Gasteiger partial charge in [0.15, 0.2) is 0 Å². The molecule has 1 amide bonds. The van der Waals surface area contributed by atoms with E-state index in [1.807, 2.05) is 0 Å². The second kappa shape index (κ2) is 3.35. The normalized spacial score (nSPS) is 25.3. The van der Waals surface area contributed by atoms with E-state index in [1.165, 1.54) is 0 Å². The summed E-state index contributed by atoms with van der Waals surface area (Å²) in [6.45, 7) is 0.918. The van der Waals surface area contributed by atoms with Crippen LogP contribution in [0.25, 0.3) is 0 Å². The fraction of sp³-hybridized carbons (Fsp3) is 0.857. The molecule has 0 spiro atoms. The molecule has 0 aromatic heterocycles. The zero-order valence-electron chi connectivity index (χ0n) is 6.65. The van der Waals surface area contributed by atoms with E-state index in [-0.39, 0.29) is 6.54 Å². The van der Waals surface area contributed by atoms with Crippen molar-refractivity contribution in [1.29, 1.82) is 0 Å². The molecule has 12 heavy (non-hydrogen) atoms. The number of hydrogen-bond acceptors (Lipinski definition) is 2. The quantitative estimate of drug-likeness (QED) is 0.630. The van der Waals surface area contributed by atoms with Gasteiger partial charge in [-0.2, -0.15) is 8.78 Å². The molecule has 1 saturated heterocycles.